The Hall–Kier alpha value is -0.500. The molecular weight excluding hydrogens is 280 g/mol. The number of ether oxygens (including phenoxy) is 1. The van der Waals surface area contributed by atoms with E-state index in [0.29, 0.717) is 45.6 Å². The predicted octanol–water partition coefficient (Wildman–Crippen LogP) is 0.125. The fourth-order valence-electron chi connectivity index (χ4n) is 2.97. The third-order valence-corrected chi connectivity index (χ3v) is 5.63. The Morgan fingerprint density at radius 1 is 1.40 bits per heavy atom. The molecule has 0 spiro atoms. The number of Topliss-reactive ketones (excluding diaryl/α,β-unsaturated/α-hetero) is 1. The van der Waals surface area contributed by atoms with Crippen LogP contribution < -0.4 is 5.73 Å². The second kappa shape index (κ2) is 6.09. The molecule has 0 saturated carbocycles. The van der Waals surface area contributed by atoms with Gasteiger partial charge in [0.25, 0.3) is 0 Å². The van der Waals surface area contributed by atoms with Gasteiger partial charge >= 0.3 is 0 Å². The van der Waals surface area contributed by atoms with E-state index in [-0.39, 0.29) is 11.7 Å². The molecule has 0 amide bonds. The third kappa shape index (κ3) is 3.78. The van der Waals surface area contributed by atoms with Crippen LogP contribution >= 0.6 is 0 Å². The summed E-state index contributed by atoms with van der Waals surface area (Å²) >= 11 is 0. The minimum atomic E-state index is -3.16. The topological polar surface area (TPSA) is 89.7 Å². The zero-order chi connectivity index (χ0) is 14.8. The van der Waals surface area contributed by atoms with E-state index in [9.17, 15) is 13.2 Å². The highest BCUT2D eigenvalue weighted by molar-refractivity contribution is 7.88. The molecule has 2 aliphatic rings. The highest BCUT2D eigenvalue weighted by atomic mass is 32.2. The molecule has 2 aliphatic heterocycles. The minimum Gasteiger partial charge on any atom is -0.381 e. The van der Waals surface area contributed by atoms with Crippen LogP contribution in [0, 0.1) is 5.92 Å². The molecule has 1 unspecified atom stereocenters. The van der Waals surface area contributed by atoms with Crippen molar-refractivity contribution in [2.24, 2.45) is 11.7 Å². The average Bonchev–Trinajstić information content (AvgIpc) is 2.39. The fourth-order valence-corrected chi connectivity index (χ4v) is 3.92. The lowest BCUT2D eigenvalue weighted by atomic mass is 9.81. The molecule has 2 heterocycles. The first-order valence-corrected chi connectivity index (χ1v) is 9.01. The van der Waals surface area contributed by atoms with Gasteiger partial charge in [0.05, 0.1) is 11.8 Å². The number of ketones is 1. The van der Waals surface area contributed by atoms with Gasteiger partial charge < -0.3 is 10.5 Å². The number of carbonyl (C=O) groups is 1. The number of rotatable bonds is 4. The van der Waals surface area contributed by atoms with E-state index in [1.807, 2.05) is 0 Å². The molecule has 1 atom stereocenters. The number of hydrogen-bond acceptors (Lipinski definition) is 5. The maximum absolute atomic E-state index is 12.4. The third-order valence-electron chi connectivity index (χ3n) is 4.37. The Kier molecular flexibility index (Phi) is 4.84. The Morgan fingerprint density at radius 2 is 2.05 bits per heavy atom. The van der Waals surface area contributed by atoms with Gasteiger partial charge in [0.15, 0.2) is 5.78 Å². The van der Waals surface area contributed by atoms with Gasteiger partial charge in [0.2, 0.25) is 10.0 Å². The Balaban J connectivity index is 1.94. The lowest BCUT2D eigenvalue weighted by Gasteiger charge is -2.35. The first-order valence-electron chi connectivity index (χ1n) is 7.16. The number of hydrogen-bond donors (Lipinski definition) is 1. The van der Waals surface area contributed by atoms with Crippen molar-refractivity contribution in [3.8, 4) is 0 Å². The summed E-state index contributed by atoms with van der Waals surface area (Å²) < 4.78 is 29.9. The summed E-state index contributed by atoms with van der Waals surface area (Å²) in [5, 5.41) is 0. The number of nitrogens with two attached hydrogens (primary N) is 1. The SMILES string of the molecule is CS(=O)(=O)N1CCCC(CC(=O)C2(N)CCOCC2)C1. The van der Waals surface area contributed by atoms with Crippen LogP contribution in [0.4, 0.5) is 0 Å². The number of carbonyl (C=O) groups excluding carboxylic acids is 1. The van der Waals surface area contributed by atoms with Crippen molar-refractivity contribution in [2.45, 2.75) is 37.6 Å². The van der Waals surface area contributed by atoms with Gasteiger partial charge in [-0.2, -0.15) is 0 Å². The van der Waals surface area contributed by atoms with Gasteiger partial charge in [-0.15, -0.1) is 0 Å². The summed E-state index contributed by atoms with van der Waals surface area (Å²) in [5.74, 6) is 0.149. The molecule has 6 nitrogen and oxygen atoms in total. The van der Waals surface area contributed by atoms with Crippen LogP contribution in [0.1, 0.15) is 32.1 Å². The van der Waals surface area contributed by atoms with Gasteiger partial charge in [-0.1, -0.05) is 0 Å². The van der Waals surface area contributed by atoms with E-state index in [0.717, 1.165) is 12.8 Å². The Bertz CT molecular complexity index is 457. The first kappa shape index (κ1) is 15.9. The monoisotopic (exact) mass is 304 g/mol. The van der Waals surface area contributed by atoms with Crippen molar-refractivity contribution in [3.63, 3.8) is 0 Å². The fraction of sp³-hybridized carbons (Fsp3) is 0.923. The van der Waals surface area contributed by atoms with Gasteiger partial charge in [-0.25, -0.2) is 12.7 Å². The largest absolute Gasteiger partial charge is 0.381 e. The molecule has 7 heteroatoms. The van der Waals surface area contributed by atoms with Crippen LogP contribution in [0.5, 0.6) is 0 Å². The van der Waals surface area contributed by atoms with Gasteiger partial charge in [0, 0.05) is 32.7 Å². The predicted molar refractivity (Wildman–Crippen MR) is 75.7 cm³/mol. The van der Waals surface area contributed by atoms with Crippen molar-refractivity contribution >= 4 is 15.8 Å². The summed E-state index contributed by atoms with van der Waals surface area (Å²) in [5.41, 5.74) is 5.41. The standard InChI is InChI=1S/C13H24N2O4S/c1-20(17,18)15-6-2-3-11(10-15)9-12(16)13(14)4-7-19-8-5-13/h11H,2-10,14H2,1H3. The summed E-state index contributed by atoms with van der Waals surface area (Å²) in [7, 11) is -3.16. The smallest absolute Gasteiger partial charge is 0.211 e. The second-order valence-electron chi connectivity index (χ2n) is 6.03. The normalized spacial score (nSPS) is 28.2. The molecule has 0 aromatic carbocycles. The second-order valence-corrected chi connectivity index (χ2v) is 8.01. The molecule has 0 bridgehead atoms. The zero-order valence-electron chi connectivity index (χ0n) is 12.0. The van der Waals surface area contributed by atoms with E-state index in [4.69, 9.17) is 10.5 Å². The lowest BCUT2D eigenvalue weighted by molar-refractivity contribution is -0.128. The summed E-state index contributed by atoms with van der Waals surface area (Å²) in [6.45, 7) is 2.06. The van der Waals surface area contributed by atoms with Crippen molar-refractivity contribution in [1.82, 2.24) is 4.31 Å². The molecule has 2 N–H and O–H groups in total. The van der Waals surface area contributed by atoms with E-state index in [1.165, 1.54) is 10.6 Å². The average molecular weight is 304 g/mol. The molecule has 0 aliphatic carbocycles. The summed E-state index contributed by atoms with van der Waals surface area (Å²) in [4.78, 5) is 12.4. The highest BCUT2D eigenvalue weighted by Crippen LogP contribution is 2.27. The van der Waals surface area contributed by atoms with Crippen molar-refractivity contribution in [1.29, 1.82) is 0 Å². The van der Waals surface area contributed by atoms with Crippen LogP contribution in [0.2, 0.25) is 0 Å². The zero-order valence-corrected chi connectivity index (χ0v) is 12.8. The number of piperidine rings is 1. The van der Waals surface area contributed by atoms with Crippen LogP contribution in [-0.4, -0.2) is 56.6 Å². The van der Waals surface area contributed by atoms with Gasteiger partial charge in [-0.3, -0.25) is 4.79 Å². The van der Waals surface area contributed by atoms with Crippen LogP contribution in [0.15, 0.2) is 0 Å². The quantitative estimate of drug-likeness (QED) is 0.797. The van der Waals surface area contributed by atoms with E-state index in [2.05, 4.69) is 0 Å². The lowest BCUT2D eigenvalue weighted by Crippen LogP contribution is -2.53. The van der Waals surface area contributed by atoms with E-state index >= 15 is 0 Å². The molecule has 0 aromatic rings. The van der Waals surface area contributed by atoms with E-state index < -0.39 is 15.6 Å². The molecule has 0 radical (unpaired) electrons. The Morgan fingerprint density at radius 3 is 2.65 bits per heavy atom. The molecule has 116 valence electrons. The van der Waals surface area contributed by atoms with Crippen molar-refractivity contribution < 1.29 is 17.9 Å². The van der Waals surface area contributed by atoms with Gasteiger partial charge in [0.1, 0.15) is 0 Å². The maximum atomic E-state index is 12.4. The van der Waals surface area contributed by atoms with Crippen molar-refractivity contribution in [2.75, 3.05) is 32.6 Å². The van der Waals surface area contributed by atoms with E-state index in [1.54, 1.807) is 0 Å². The highest BCUT2D eigenvalue weighted by Gasteiger charge is 2.37. The van der Waals surface area contributed by atoms with Crippen LogP contribution in [-0.2, 0) is 19.6 Å². The Labute approximate surface area is 120 Å². The first-order chi connectivity index (χ1) is 9.31. The van der Waals surface area contributed by atoms with Crippen molar-refractivity contribution in [3.05, 3.63) is 0 Å². The van der Waals surface area contributed by atoms with Crippen LogP contribution in [0.25, 0.3) is 0 Å². The van der Waals surface area contributed by atoms with Gasteiger partial charge in [-0.05, 0) is 31.6 Å². The molecule has 0 aromatic heterocycles. The number of sulfonamides is 1. The summed E-state index contributed by atoms with van der Waals surface area (Å²) in [6.07, 6.45) is 4.43. The molecule has 2 saturated heterocycles. The van der Waals surface area contributed by atoms with Crippen LogP contribution in [0.3, 0.4) is 0 Å². The molecular formula is C13H24N2O4S. The molecule has 2 fully saturated rings. The maximum Gasteiger partial charge on any atom is 0.211 e. The molecule has 2 rings (SSSR count). The number of nitrogens with zero attached hydrogens (tertiary/aromatic N) is 1. The summed E-state index contributed by atoms with van der Waals surface area (Å²) in [6, 6.07) is 0. The molecule has 20 heavy (non-hydrogen) atoms. The minimum absolute atomic E-state index is 0.0566.